The standard InChI is InChI=1S/C5H11NO.C5H12/c1-4(2)5(7)6-3;1-3-5-4-2/h4H,1-3H3,(H,6,7);3-5H2,1-2H3. The Hall–Kier alpha value is -0.530. The van der Waals surface area contributed by atoms with Gasteiger partial charge in [0.05, 0.1) is 0 Å². The minimum Gasteiger partial charge on any atom is -0.359 e. The SMILES string of the molecule is CCCCC.CNC(=O)C(C)C. The zero-order chi connectivity index (χ0) is 9.98. The van der Waals surface area contributed by atoms with Crippen molar-refractivity contribution < 1.29 is 4.79 Å². The first kappa shape index (κ1) is 14.0. The minimum atomic E-state index is 0.0972. The Labute approximate surface area is 76.7 Å². The molecule has 0 saturated carbocycles. The summed E-state index contributed by atoms with van der Waals surface area (Å²) >= 11 is 0. The fraction of sp³-hybridized carbons (Fsp3) is 0.900. The first-order chi connectivity index (χ1) is 5.59. The highest BCUT2D eigenvalue weighted by atomic mass is 16.1. The number of carbonyl (C=O) groups excluding carboxylic acids is 1. The lowest BCUT2D eigenvalue weighted by atomic mass is 10.2. The number of amides is 1. The molecule has 0 unspecified atom stereocenters. The topological polar surface area (TPSA) is 29.1 Å². The van der Waals surface area contributed by atoms with Crippen molar-refractivity contribution in [2.45, 2.75) is 47.0 Å². The van der Waals surface area contributed by atoms with Crippen molar-refractivity contribution in [3.8, 4) is 0 Å². The molecule has 0 aliphatic heterocycles. The van der Waals surface area contributed by atoms with Gasteiger partial charge in [0.1, 0.15) is 0 Å². The van der Waals surface area contributed by atoms with Crippen LogP contribution < -0.4 is 5.32 Å². The third kappa shape index (κ3) is 12.2. The highest BCUT2D eigenvalue weighted by Gasteiger charge is 2.00. The lowest BCUT2D eigenvalue weighted by Crippen LogP contribution is -2.22. The van der Waals surface area contributed by atoms with Gasteiger partial charge in [-0.15, -0.1) is 0 Å². The lowest BCUT2D eigenvalue weighted by molar-refractivity contribution is -0.123. The van der Waals surface area contributed by atoms with Crippen LogP contribution in [0.25, 0.3) is 0 Å². The molecule has 0 spiro atoms. The molecule has 0 rings (SSSR count). The molecule has 2 heteroatoms. The van der Waals surface area contributed by atoms with Crippen molar-refractivity contribution in [2.24, 2.45) is 5.92 Å². The van der Waals surface area contributed by atoms with E-state index in [4.69, 9.17) is 0 Å². The van der Waals surface area contributed by atoms with Gasteiger partial charge in [-0.25, -0.2) is 0 Å². The van der Waals surface area contributed by atoms with Gasteiger partial charge in [-0.1, -0.05) is 47.0 Å². The zero-order valence-corrected chi connectivity index (χ0v) is 9.11. The van der Waals surface area contributed by atoms with Crippen molar-refractivity contribution >= 4 is 5.91 Å². The van der Waals surface area contributed by atoms with Gasteiger partial charge in [0, 0.05) is 13.0 Å². The van der Waals surface area contributed by atoms with Crippen molar-refractivity contribution in [3.63, 3.8) is 0 Å². The van der Waals surface area contributed by atoms with Crippen LogP contribution in [0.5, 0.6) is 0 Å². The number of carbonyl (C=O) groups is 1. The third-order valence-corrected chi connectivity index (χ3v) is 1.48. The Morgan fingerprint density at radius 1 is 1.25 bits per heavy atom. The molecule has 0 atom stereocenters. The summed E-state index contributed by atoms with van der Waals surface area (Å²) in [5.74, 6) is 0.213. The normalized spacial score (nSPS) is 8.83. The van der Waals surface area contributed by atoms with Crippen LogP contribution in [0.15, 0.2) is 0 Å². The molecule has 0 saturated heterocycles. The van der Waals surface area contributed by atoms with Gasteiger partial charge in [0.25, 0.3) is 0 Å². The van der Waals surface area contributed by atoms with Crippen molar-refractivity contribution in [1.82, 2.24) is 5.32 Å². The summed E-state index contributed by atoms with van der Waals surface area (Å²) < 4.78 is 0. The van der Waals surface area contributed by atoms with E-state index < -0.39 is 0 Å². The highest BCUT2D eigenvalue weighted by Crippen LogP contribution is 1.88. The van der Waals surface area contributed by atoms with Crippen LogP contribution in [-0.2, 0) is 4.79 Å². The van der Waals surface area contributed by atoms with E-state index in [9.17, 15) is 4.79 Å². The molecule has 2 nitrogen and oxygen atoms in total. The van der Waals surface area contributed by atoms with Crippen molar-refractivity contribution in [3.05, 3.63) is 0 Å². The first-order valence-electron chi connectivity index (χ1n) is 4.81. The lowest BCUT2D eigenvalue weighted by Gasteiger charge is -1.98. The second-order valence-electron chi connectivity index (χ2n) is 3.12. The smallest absolute Gasteiger partial charge is 0.222 e. The molecule has 1 N–H and O–H groups in total. The van der Waals surface area contributed by atoms with Crippen LogP contribution in [0.3, 0.4) is 0 Å². The maximum atomic E-state index is 10.4. The number of hydrogen-bond acceptors (Lipinski definition) is 1. The summed E-state index contributed by atoms with van der Waals surface area (Å²) in [6, 6.07) is 0. The van der Waals surface area contributed by atoms with Crippen molar-refractivity contribution in [2.75, 3.05) is 7.05 Å². The molecule has 0 bridgehead atoms. The first-order valence-corrected chi connectivity index (χ1v) is 4.81. The predicted octanol–water partition coefficient (Wildman–Crippen LogP) is 2.58. The molecule has 0 aliphatic carbocycles. The maximum Gasteiger partial charge on any atom is 0.222 e. The molecule has 0 fully saturated rings. The van der Waals surface area contributed by atoms with Crippen LogP contribution in [0.4, 0.5) is 0 Å². The van der Waals surface area contributed by atoms with E-state index in [1.165, 1.54) is 19.3 Å². The average Bonchev–Trinajstić information content (AvgIpc) is 2.05. The van der Waals surface area contributed by atoms with Crippen LogP contribution in [0.2, 0.25) is 0 Å². The molecule has 0 aromatic carbocycles. The van der Waals surface area contributed by atoms with E-state index in [0.29, 0.717) is 0 Å². The summed E-state index contributed by atoms with van der Waals surface area (Å²) in [6.07, 6.45) is 4.08. The summed E-state index contributed by atoms with van der Waals surface area (Å²) in [5, 5.41) is 2.53. The Morgan fingerprint density at radius 2 is 1.67 bits per heavy atom. The van der Waals surface area contributed by atoms with Gasteiger partial charge in [0.15, 0.2) is 0 Å². The third-order valence-electron chi connectivity index (χ3n) is 1.48. The largest absolute Gasteiger partial charge is 0.359 e. The van der Waals surface area contributed by atoms with Crippen LogP contribution >= 0.6 is 0 Å². The summed E-state index contributed by atoms with van der Waals surface area (Å²) in [6.45, 7) is 8.14. The molecule has 0 radical (unpaired) electrons. The zero-order valence-electron chi connectivity index (χ0n) is 9.11. The maximum absolute atomic E-state index is 10.4. The van der Waals surface area contributed by atoms with Gasteiger partial charge < -0.3 is 5.32 Å². The molecule has 0 aromatic heterocycles. The van der Waals surface area contributed by atoms with Gasteiger partial charge in [0.2, 0.25) is 5.91 Å². The second-order valence-corrected chi connectivity index (χ2v) is 3.12. The fourth-order valence-corrected chi connectivity index (χ4v) is 0.642. The van der Waals surface area contributed by atoms with Gasteiger partial charge in [-0.2, -0.15) is 0 Å². The fourth-order valence-electron chi connectivity index (χ4n) is 0.642. The van der Waals surface area contributed by atoms with E-state index in [2.05, 4.69) is 19.2 Å². The van der Waals surface area contributed by atoms with Crippen LogP contribution in [0.1, 0.15) is 47.0 Å². The average molecular weight is 173 g/mol. The van der Waals surface area contributed by atoms with E-state index in [0.717, 1.165) is 0 Å². The quantitative estimate of drug-likeness (QED) is 0.698. The van der Waals surface area contributed by atoms with Crippen LogP contribution in [-0.4, -0.2) is 13.0 Å². The molecule has 1 amide bonds. The number of hydrogen-bond donors (Lipinski definition) is 1. The summed E-state index contributed by atoms with van der Waals surface area (Å²) in [5.41, 5.74) is 0. The van der Waals surface area contributed by atoms with Crippen molar-refractivity contribution in [1.29, 1.82) is 0 Å². The molecule has 0 heterocycles. The van der Waals surface area contributed by atoms with Gasteiger partial charge >= 0.3 is 0 Å². The van der Waals surface area contributed by atoms with Crippen LogP contribution in [0, 0.1) is 5.92 Å². The highest BCUT2D eigenvalue weighted by molar-refractivity contribution is 5.77. The Balaban J connectivity index is 0. The van der Waals surface area contributed by atoms with E-state index in [-0.39, 0.29) is 11.8 Å². The molecule has 74 valence electrons. The van der Waals surface area contributed by atoms with E-state index in [1.54, 1.807) is 7.05 Å². The number of rotatable bonds is 3. The molecule has 0 aliphatic rings. The Bertz CT molecular complexity index is 98.0. The predicted molar refractivity (Wildman–Crippen MR) is 54.1 cm³/mol. The van der Waals surface area contributed by atoms with Gasteiger partial charge in [-0.05, 0) is 0 Å². The summed E-state index contributed by atoms with van der Waals surface area (Å²) in [7, 11) is 1.64. The minimum absolute atomic E-state index is 0.0972. The number of nitrogens with one attached hydrogen (secondary N) is 1. The monoisotopic (exact) mass is 173 g/mol. The van der Waals surface area contributed by atoms with E-state index in [1.807, 2.05) is 13.8 Å². The van der Waals surface area contributed by atoms with Gasteiger partial charge in [-0.3, -0.25) is 4.79 Å². The number of unbranched alkanes of at least 4 members (excludes halogenated alkanes) is 2. The molecular formula is C10H23NO. The Morgan fingerprint density at radius 3 is 1.67 bits per heavy atom. The second kappa shape index (κ2) is 10.5. The summed E-state index contributed by atoms with van der Waals surface area (Å²) in [4.78, 5) is 10.4. The van der Waals surface area contributed by atoms with E-state index >= 15 is 0 Å². The molecule has 12 heavy (non-hydrogen) atoms. The molecule has 0 aromatic rings. The Kier molecular flexibility index (Phi) is 12.2. The molecular weight excluding hydrogens is 150 g/mol.